The number of hydrogen-bond donors (Lipinski definition) is 2. The minimum atomic E-state index is 0.174. The first-order valence-electron chi connectivity index (χ1n) is 7.77. The average Bonchev–Trinajstić information content (AvgIpc) is 2.97. The van der Waals surface area contributed by atoms with Gasteiger partial charge >= 0.3 is 0 Å². The second-order valence-corrected chi connectivity index (χ2v) is 6.63. The quantitative estimate of drug-likeness (QED) is 0.517. The van der Waals surface area contributed by atoms with Crippen LogP contribution >= 0.6 is 15.9 Å². The Labute approximate surface area is 153 Å². The van der Waals surface area contributed by atoms with Crippen LogP contribution < -0.4 is 5.32 Å². The third-order valence-electron chi connectivity index (χ3n) is 4.04. The van der Waals surface area contributed by atoms with Gasteiger partial charge in [0.05, 0.1) is 6.20 Å². The minimum absolute atomic E-state index is 0.174. The number of benzene rings is 2. The SMILES string of the molecule is Cc1ccccc1Nc1c(-c2cc(Br)ccc2O)nc2cnccn12. The summed E-state index contributed by atoms with van der Waals surface area (Å²) in [6, 6.07) is 13.3. The molecule has 0 fully saturated rings. The number of para-hydroxylation sites is 1. The number of anilines is 2. The smallest absolute Gasteiger partial charge is 0.157 e. The summed E-state index contributed by atoms with van der Waals surface area (Å²) in [5, 5.41) is 13.8. The normalized spacial score (nSPS) is 11.0. The number of nitrogens with zero attached hydrogens (tertiary/aromatic N) is 3. The number of aromatic hydroxyl groups is 1. The number of aromatic nitrogens is 3. The molecule has 0 spiro atoms. The van der Waals surface area contributed by atoms with Gasteiger partial charge in [-0.05, 0) is 36.8 Å². The van der Waals surface area contributed by atoms with E-state index in [1.54, 1.807) is 24.5 Å². The molecule has 4 aromatic rings. The summed E-state index contributed by atoms with van der Waals surface area (Å²) in [6.07, 6.45) is 5.26. The number of phenolic OH excluding ortho intramolecular Hbond substituents is 1. The molecule has 0 radical (unpaired) electrons. The van der Waals surface area contributed by atoms with Crippen molar-refractivity contribution < 1.29 is 5.11 Å². The van der Waals surface area contributed by atoms with Crippen LogP contribution in [0.1, 0.15) is 5.56 Å². The number of hydrogen-bond acceptors (Lipinski definition) is 4. The Bertz CT molecular complexity index is 1070. The zero-order valence-corrected chi connectivity index (χ0v) is 15.0. The topological polar surface area (TPSA) is 62.5 Å². The molecule has 0 unspecified atom stereocenters. The van der Waals surface area contributed by atoms with E-state index in [0.29, 0.717) is 16.9 Å². The first kappa shape index (κ1) is 15.7. The van der Waals surface area contributed by atoms with Crippen LogP contribution in [0.15, 0.2) is 65.5 Å². The standard InChI is InChI=1S/C19H15BrN4O/c1-12-4-2-3-5-15(12)22-19-18(14-10-13(20)6-7-16(14)25)23-17-11-21-8-9-24(17)19/h2-11,22,25H,1H3. The summed E-state index contributed by atoms with van der Waals surface area (Å²) in [5.41, 5.74) is 4.12. The Morgan fingerprint density at radius 2 is 2.00 bits per heavy atom. The van der Waals surface area contributed by atoms with Gasteiger partial charge < -0.3 is 10.4 Å². The lowest BCUT2D eigenvalue weighted by molar-refractivity contribution is 0.477. The minimum Gasteiger partial charge on any atom is -0.507 e. The van der Waals surface area contributed by atoms with E-state index in [1.165, 1.54) is 0 Å². The van der Waals surface area contributed by atoms with Crippen molar-refractivity contribution >= 4 is 33.1 Å². The maximum atomic E-state index is 10.3. The Balaban J connectivity index is 1.95. The number of fused-ring (bicyclic) bond motifs is 1. The van der Waals surface area contributed by atoms with E-state index in [4.69, 9.17) is 0 Å². The van der Waals surface area contributed by atoms with Crippen molar-refractivity contribution in [2.75, 3.05) is 5.32 Å². The van der Waals surface area contributed by atoms with Gasteiger partial charge in [0.1, 0.15) is 17.3 Å². The third-order valence-corrected chi connectivity index (χ3v) is 4.54. The molecule has 0 saturated heterocycles. The fourth-order valence-corrected chi connectivity index (χ4v) is 3.11. The third kappa shape index (κ3) is 2.85. The lowest BCUT2D eigenvalue weighted by Crippen LogP contribution is -1.98. The summed E-state index contributed by atoms with van der Waals surface area (Å²) in [6.45, 7) is 2.05. The van der Waals surface area contributed by atoms with Crippen molar-refractivity contribution in [3.8, 4) is 17.0 Å². The largest absolute Gasteiger partial charge is 0.507 e. The van der Waals surface area contributed by atoms with Gasteiger partial charge in [0.25, 0.3) is 0 Å². The molecule has 0 aliphatic heterocycles. The molecule has 0 aliphatic rings. The van der Waals surface area contributed by atoms with Gasteiger partial charge in [0.15, 0.2) is 5.65 Å². The maximum absolute atomic E-state index is 10.3. The molecule has 2 heterocycles. The van der Waals surface area contributed by atoms with E-state index < -0.39 is 0 Å². The second kappa shape index (κ2) is 6.22. The molecule has 2 N–H and O–H groups in total. The molecule has 0 saturated carbocycles. The molecule has 124 valence electrons. The van der Waals surface area contributed by atoms with Crippen molar-refractivity contribution in [1.29, 1.82) is 0 Å². The number of aryl methyl sites for hydroxylation is 1. The number of halogens is 1. The van der Waals surface area contributed by atoms with Gasteiger partial charge in [-0.15, -0.1) is 0 Å². The van der Waals surface area contributed by atoms with E-state index in [2.05, 4.69) is 31.2 Å². The number of nitrogens with one attached hydrogen (secondary N) is 1. The van der Waals surface area contributed by atoms with Crippen LogP contribution in [0, 0.1) is 6.92 Å². The Morgan fingerprint density at radius 3 is 2.84 bits per heavy atom. The van der Waals surface area contributed by atoms with Gasteiger partial charge in [-0.3, -0.25) is 9.38 Å². The van der Waals surface area contributed by atoms with E-state index in [1.807, 2.05) is 47.9 Å². The highest BCUT2D eigenvalue weighted by atomic mass is 79.9. The summed E-state index contributed by atoms with van der Waals surface area (Å²) in [5.74, 6) is 0.951. The molecule has 0 bridgehead atoms. The first-order chi connectivity index (χ1) is 12.1. The highest BCUT2D eigenvalue weighted by Crippen LogP contribution is 2.37. The predicted octanol–water partition coefficient (Wildman–Crippen LogP) is 4.92. The van der Waals surface area contributed by atoms with Gasteiger partial charge in [-0.25, -0.2) is 4.98 Å². The summed E-state index contributed by atoms with van der Waals surface area (Å²) < 4.78 is 2.80. The molecule has 4 rings (SSSR count). The molecular formula is C19H15BrN4O. The molecule has 0 aliphatic carbocycles. The van der Waals surface area contributed by atoms with Gasteiger partial charge in [-0.2, -0.15) is 0 Å². The molecular weight excluding hydrogens is 380 g/mol. The second-order valence-electron chi connectivity index (χ2n) is 5.71. The van der Waals surface area contributed by atoms with Crippen LogP contribution in [0.5, 0.6) is 5.75 Å². The van der Waals surface area contributed by atoms with Crippen LogP contribution in [-0.2, 0) is 0 Å². The van der Waals surface area contributed by atoms with Gasteiger partial charge in [0.2, 0.25) is 0 Å². The van der Waals surface area contributed by atoms with Crippen LogP contribution in [0.3, 0.4) is 0 Å². The van der Waals surface area contributed by atoms with Crippen LogP contribution in [0.4, 0.5) is 11.5 Å². The number of phenols is 1. The Hall–Kier alpha value is -2.86. The maximum Gasteiger partial charge on any atom is 0.157 e. The van der Waals surface area contributed by atoms with E-state index >= 15 is 0 Å². The molecule has 2 aromatic heterocycles. The lowest BCUT2D eigenvalue weighted by Gasteiger charge is -2.12. The van der Waals surface area contributed by atoms with Crippen LogP contribution in [-0.4, -0.2) is 19.5 Å². The van der Waals surface area contributed by atoms with Crippen molar-refractivity contribution in [2.24, 2.45) is 0 Å². The van der Waals surface area contributed by atoms with Crippen molar-refractivity contribution in [3.63, 3.8) is 0 Å². The molecule has 6 heteroatoms. The summed E-state index contributed by atoms with van der Waals surface area (Å²) in [4.78, 5) is 8.81. The van der Waals surface area contributed by atoms with E-state index in [-0.39, 0.29) is 5.75 Å². The number of imidazole rings is 1. The monoisotopic (exact) mass is 394 g/mol. The fourth-order valence-electron chi connectivity index (χ4n) is 2.75. The van der Waals surface area contributed by atoms with Crippen molar-refractivity contribution in [1.82, 2.24) is 14.4 Å². The molecule has 0 amide bonds. The summed E-state index contributed by atoms with van der Waals surface area (Å²) in [7, 11) is 0. The zero-order chi connectivity index (χ0) is 17.4. The molecule has 25 heavy (non-hydrogen) atoms. The summed E-state index contributed by atoms with van der Waals surface area (Å²) >= 11 is 3.46. The highest BCUT2D eigenvalue weighted by molar-refractivity contribution is 9.10. The highest BCUT2D eigenvalue weighted by Gasteiger charge is 2.18. The molecule has 5 nitrogen and oxygen atoms in total. The predicted molar refractivity (Wildman–Crippen MR) is 102 cm³/mol. The van der Waals surface area contributed by atoms with Crippen LogP contribution in [0.2, 0.25) is 0 Å². The Morgan fingerprint density at radius 1 is 1.16 bits per heavy atom. The Kier molecular flexibility index (Phi) is 3.89. The molecule has 2 aromatic carbocycles. The van der Waals surface area contributed by atoms with E-state index in [9.17, 15) is 5.11 Å². The first-order valence-corrected chi connectivity index (χ1v) is 8.56. The van der Waals surface area contributed by atoms with E-state index in [0.717, 1.165) is 21.5 Å². The number of rotatable bonds is 3. The zero-order valence-electron chi connectivity index (χ0n) is 13.4. The van der Waals surface area contributed by atoms with Gasteiger partial charge in [0, 0.05) is 28.1 Å². The lowest BCUT2D eigenvalue weighted by atomic mass is 10.1. The van der Waals surface area contributed by atoms with Gasteiger partial charge in [-0.1, -0.05) is 34.1 Å². The van der Waals surface area contributed by atoms with Crippen molar-refractivity contribution in [3.05, 3.63) is 71.1 Å². The average molecular weight is 395 g/mol. The fraction of sp³-hybridized carbons (Fsp3) is 0.0526. The van der Waals surface area contributed by atoms with Crippen LogP contribution in [0.25, 0.3) is 16.9 Å². The molecule has 0 atom stereocenters. The van der Waals surface area contributed by atoms with Crippen molar-refractivity contribution in [2.45, 2.75) is 6.92 Å².